The predicted molar refractivity (Wildman–Crippen MR) is 110 cm³/mol. The highest BCUT2D eigenvalue weighted by atomic mass is 35.5. The van der Waals surface area contributed by atoms with Crippen LogP contribution in [0.2, 0.25) is 10.0 Å². The lowest BCUT2D eigenvalue weighted by atomic mass is 10.1. The van der Waals surface area contributed by atoms with Gasteiger partial charge in [-0.3, -0.25) is 4.79 Å². The Hall–Kier alpha value is -2.49. The average molecular weight is 400 g/mol. The molecule has 0 radical (unpaired) electrons. The second kappa shape index (κ2) is 8.94. The highest BCUT2D eigenvalue weighted by Gasteiger charge is 2.11. The maximum absolute atomic E-state index is 12.2. The molecule has 3 nitrogen and oxygen atoms in total. The molecule has 1 N–H and O–H groups in total. The van der Waals surface area contributed by atoms with Gasteiger partial charge in [0, 0.05) is 5.02 Å². The van der Waals surface area contributed by atoms with E-state index in [0.717, 1.165) is 16.7 Å². The molecule has 138 valence electrons. The molecule has 0 saturated heterocycles. The van der Waals surface area contributed by atoms with Crippen LogP contribution in [0.4, 0.5) is 0 Å². The third kappa shape index (κ3) is 5.25. The molecule has 0 bridgehead atoms. The number of nitrogens with one attached hydrogen (secondary N) is 1. The van der Waals surface area contributed by atoms with E-state index in [9.17, 15) is 4.79 Å². The van der Waals surface area contributed by atoms with Crippen LogP contribution < -0.4 is 10.1 Å². The van der Waals surface area contributed by atoms with Gasteiger partial charge in [-0.25, -0.2) is 0 Å². The van der Waals surface area contributed by atoms with Crippen molar-refractivity contribution in [2.24, 2.45) is 0 Å². The molecule has 0 aliphatic carbocycles. The number of rotatable bonds is 6. The van der Waals surface area contributed by atoms with Gasteiger partial charge in [-0.2, -0.15) is 0 Å². The van der Waals surface area contributed by atoms with Gasteiger partial charge in [0.25, 0.3) is 5.91 Å². The molecule has 27 heavy (non-hydrogen) atoms. The summed E-state index contributed by atoms with van der Waals surface area (Å²) in [6.07, 6.45) is 0. The topological polar surface area (TPSA) is 38.3 Å². The Labute approximate surface area is 168 Å². The van der Waals surface area contributed by atoms with E-state index in [4.69, 9.17) is 27.9 Å². The number of hydrogen-bond donors (Lipinski definition) is 1. The van der Waals surface area contributed by atoms with Crippen molar-refractivity contribution in [3.63, 3.8) is 0 Å². The molecule has 1 amide bonds. The van der Waals surface area contributed by atoms with Crippen molar-refractivity contribution >= 4 is 29.1 Å². The van der Waals surface area contributed by atoms with Gasteiger partial charge < -0.3 is 10.1 Å². The summed E-state index contributed by atoms with van der Waals surface area (Å²) in [6.45, 7) is 1.80. The van der Waals surface area contributed by atoms with E-state index in [2.05, 4.69) is 5.32 Å². The molecule has 3 aromatic rings. The zero-order chi connectivity index (χ0) is 19.2. The molecule has 0 saturated carbocycles. The molecule has 3 rings (SSSR count). The van der Waals surface area contributed by atoms with Crippen molar-refractivity contribution in [1.82, 2.24) is 5.32 Å². The minimum atomic E-state index is -0.222. The van der Waals surface area contributed by atoms with E-state index in [1.54, 1.807) is 18.2 Å². The van der Waals surface area contributed by atoms with Gasteiger partial charge in [0.05, 0.1) is 11.1 Å². The minimum absolute atomic E-state index is 0.109. The summed E-state index contributed by atoms with van der Waals surface area (Å²) >= 11 is 12.2. The predicted octanol–water partition coefficient (Wildman–Crippen LogP) is 5.92. The van der Waals surface area contributed by atoms with E-state index >= 15 is 0 Å². The molecule has 1 atom stereocenters. The van der Waals surface area contributed by atoms with Crippen LogP contribution >= 0.6 is 23.2 Å². The van der Waals surface area contributed by atoms with Crippen molar-refractivity contribution < 1.29 is 9.53 Å². The first-order valence-electron chi connectivity index (χ1n) is 8.55. The maximum Gasteiger partial charge on any atom is 0.258 e. The van der Waals surface area contributed by atoms with Crippen LogP contribution in [0.5, 0.6) is 5.75 Å². The molecule has 3 aromatic carbocycles. The van der Waals surface area contributed by atoms with E-state index in [1.165, 1.54) is 0 Å². The van der Waals surface area contributed by atoms with E-state index < -0.39 is 0 Å². The Morgan fingerprint density at radius 2 is 1.67 bits per heavy atom. The molecule has 0 aliphatic heterocycles. The third-order valence-electron chi connectivity index (χ3n) is 4.15. The van der Waals surface area contributed by atoms with Crippen LogP contribution in [0.25, 0.3) is 11.1 Å². The average Bonchev–Trinajstić information content (AvgIpc) is 2.68. The van der Waals surface area contributed by atoms with Crippen molar-refractivity contribution in [2.75, 3.05) is 6.61 Å². The smallest absolute Gasteiger partial charge is 0.258 e. The van der Waals surface area contributed by atoms with Gasteiger partial charge in [0.15, 0.2) is 6.61 Å². The summed E-state index contributed by atoms with van der Waals surface area (Å²) in [7, 11) is 0. The Kier molecular flexibility index (Phi) is 6.38. The molecule has 0 spiro atoms. The molecule has 0 fully saturated rings. The van der Waals surface area contributed by atoms with Crippen molar-refractivity contribution in [3.8, 4) is 16.9 Å². The first-order chi connectivity index (χ1) is 13.0. The number of benzene rings is 3. The summed E-state index contributed by atoms with van der Waals surface area (Å²) in [6, 6.07) is 22.7. The highest BCUT2D eigenvalue weighted by molar-refractivity contribution is 6.32. The number of hydrogen-bond acceptors (Lipinski definition) is 2. The van der Waals surface area contributed by atoms with Gasteiger partial charge in [-0.1, -0.05) is 71.7 Å². The standard InChI is InChI=1S/C22H19Cl2NO2/c1-15(16-7-10-19(23)11-8-16)25-22(26)14-27-21-12-9-18(13-20(21)24)17-5-3-2-4-6-17/h2-13,15H,14H2,1H3,(H,25,26)/t15-/m0/s1. The van der Waals surface area contributed by atoms with Gasteiger partial charge in [-0.15, -0.1) is 0 Å². The number of carbonyl (C=O) groups excluding carboxylic acids is 1. The number of carbonyl (C=O) groups is 1. The lowest BCUT2D eigenvalue weighted by Crippen LogP contribution is -2.31. The Bertz CT molecular complexity index is 911. The van der Waals surface area contributed by atoms with Gasteiger partial charge in [0.1, 0.15) is 5.75 Å². The molecule has 0 unspecified atom stereocenters. The van der Waals surface area contributed by atoms with Crippen LogP contribution in [0.3, 0.4) is 0 Å². The van der Waals surface area contributed by atoms with Crippen molar-refractivity contribution in [3.05, 3.63) is 88.4 Å². The monoisotopic (exact) mass is 399 g/mol. The van der Waals surface area contributed by atoms with E-state index in [0.29, 0.717) is 15.8 Å². The Balaban J connectivity index is 1.58. The summed E-state index contributed by atoms with van der Waals surface area (Å²) < 4.78 is 5.58. The SMILES string of the molecule is C[C@H](NC(=O)COc1ccc(-c2ccccc2)cc1Cl)c1ccc(Cl)cc1. The fourth-order valence-corrected chi connectivity index (χ4v) is 3.05. The molecular formula is C22H19Cl2NO2. The summed E-state index contributed by atoms with van der Waals surface area (Å²) in [5.41, 5.74) is 3.03. The largest absolute Gasteiger partial charge is 0.482 e. The zero-order valence-electron chi connectivity index (χ0n) is 14.8. The number of amides is 1. The lowest BCUT2D eigenvalue weighted by Gasteiger charge is -2.15. The van der Waals surface area contributed by atoms with Crippen LogP contribution in [-0.4, -0.2) is 12.5 Å². The molecule has 5 heteroatoms. The van der Waals surface area contributed by atoms with E-state index in [1.807, 2.05) is 61.5 Å². The molecule has 0 aliphatic rings. The first kappa shape index (κ1) is 19.3. The number of ether oxygens (including phenoxy) is 1. The fourth-order valence-electron chi connectivity index (χ4n) is 2.69. The Morgan fingerprint density at radius 1 is 0.963 bits per heavy atom. The van der Waals surface area contributed by atoms with Crippen LogP contribution in [0.1, 0.15) is 18.5 Å². The number of halogens is 2. The normalized spacial score (nSPS) is 11.7. The second-order valence-corrected chi connectivity index (χ2v) is 6.98. The fraction of sp³-hybridized carbons (Fsp3) is 0.136. The summed E-state index contributed by atoms with van der Waals surface area (Å²) in [5, 5.41) is 4.02. The quantitative estimate of drug-likeness (QED) is 0.558. The highest BCUT2D eigenvalue weighted by Crippen LogP contribution is 2.30. The lowest BCUT2D eigenvalue weighted by molar-refractivity contribution is -0.123. The second-order valence-electron chi connectivity index (χ2n) is 6.14. The van der Waals surface area contributed by atoms with Gasteiger partial charge >= 0.3 is 0 Å². The minimum Gasteiger partial charge on any atom is -0.482 e. The first-order valence-corrected chi connectivity index (χ1v) is 9.31. The molecule has 0 aromatic heterocycles. The molecular weight excluding hydrogens is 381 g/mol. The van der Waals surface area contributed by atoms with Crippen LogP contribution in [0.15, 0.2) is 72.8 Å². The summed E-state index contributed by atoms with van der Waals surface area (Å²) in [5.74, 6) is 0.256. The van der Waals surface area contributed by atoms with E-state index in [-0.39, 0.29) is 18.6 Å². The van der Waals surface area contributed by atoms with Crippen molar-refractivity contribution in [2.45, 2.75) is 13.0 Å². The maximum atomic E-state index is 12.2. The summed E-state index contributed by atoms with van der Waals surface area (Å²) in [4.78, 5) is 12.2. The zero-order valence-corrected chi connectivity index (χ0v) is 16.3. The van der Waals surface area contributed by atoms with Gasteiger partial charge in [0.2, 0.25) is 0 Å². The Morgan fingerprint density at radius 3 is 2.33 bits per heavy atom. The van der Waals surface area contributed by atoms with Gasteiger partial charge in [-0.05, 0) is 47.9 Å². The third-order valence-corrected chi connectivity index (χ3v) is 4.69. The van der Waals surface area contributed by atoms with Crippen LogP contribution in [-0.2, 0) is 4.79 Å². The van der Waals surface area contributed by atoms with Crippen LogP contribution in [0, 0.1) is 0 Å². The molecule has 0 heterocycles. The van der Waals surface area contributed by atoms with Crippen molar-refractivity contribution in [1.29, 1.82) is 0 Å².